The molecule has 0 spiro atoms. The van der Waals surface area contributed by atoms with E-state index in [0.717, 1.165) is 11.1 Å². The van der Waals surface area contributed by atoms with Gasteiger partial charge in [0.2, 0.25) is 0 Å². The van der Waals surface area contributed by atoms with Crippen molar-refractivity contribution < 1.29 is 4.39 Å². The zero-order chi connectivity index (χ0) is 12.5. The van der Waals surface area contributed by atoms with Gasteiger partial charge in [0, 0.05) is 0 Å². The number of rotatable bonds is 2. The van der Waals surface area contributed by atoms with Crippen LogP contribution in [0, 0.1) is 5.82 Å². The van der Waals surface area contributed by atoms with Crippen molar-refractivity contribution in [1.82, 2.24) is 14.5 Å². The standard InChI is InChI=1S/C13H9ClFN3/c14-12-5-4-11-13(17-12)18(8-16-11)7-9-2-1-3-10(15)6-9/h1-6,8H,7H2. The zero-order valence-corrected chi connectivity index (χ0v) is 10.1. The minimum absolute atomic E-state index is 0.247. The highest BCUT2D eigenvalue weighted by molar-refractivity contribution is 6.29. The first-order valence-corrected chi connectivity index (χ1v) is 5.82. The van der Waals surface area contributed by atoms with Gasteiger partial charge in [-0.3, -0.25) is 0 Å². The predicted octanol–water partition coefficient (Wildman–Crippen LogP) is 3.27. The number of aromatic nitrogens is 3. The molecule has 90 valence electrons. The van der Waals surface area contributed by atoms with Crippen molar-refractivity contribution in [2.45, 2.75) is 6.54 Å². The molecule has 0 amide bonds. The molecule has 0 atom stereocenters. The van der Waals surface area contributed by atoms with Gasteiger partial charge in [-0.05, 0) is 29.8 Å². The lowest BCUT2D eigenvalue weighted by atomic mass is 10.2. The smallest absolute Gasteiger partial charge is 0.161 e. The third kappa shape index (κ3) is 2.07. The summed E-state index contributed by atoms with van der Waals surface area (Å²) in [6.45, 7) is 0.515. The summed E-state index contributed by atoms with van der Waals surface area (Å²) in [4.78, 5) is 8.45. The Morgan fingerprint density at radius 3 is 2.94 bits per heavy atom. The summed E-state index contributed by atoms with van der Waals surface area (Å²) >= 11 is 5.86. The molecular weight excluding hydrogens is 253 g/mol. The quantitative estimate of drug-likeness (QED) is 0.663. The van der Waals surface area contributed by atoms with Crippen LogP contribution in [-0.4, -0.2) is 14.5 Å². The number of hydrogen-bond donors (Lipinski definition) is 0. The van der Waals surface area contributed by atoms with Crippen LogP contribution in [0.15, 0.2) is 42.7 Å². The van der Waals surface area contributed by atoms with Crippen molar-refractivity contribution in [2.24, 2.45) is 0 Å². The van der Waals surface area contributed by atoms with E-state index in [1.165, 1.54) is 12.1 Å². The number of fused-ring (bicyclic) bond motifs is 1. The first kappa shape index (κ1) is 11.2. The molecule has 0 fully saturated rings. The van der Waals surface area contributed by atoms with E-state index in [1.54, 1.807) is 18.5 Å². The van der Waals surface area contributed by atoms with Gasteiger partial charge in [-0.1, -0.05) is 23.7 Å². The number of imidazole rings is 1. The highest BCUT2D eigenvalue weighted by Crippen LogP contribution is 2.15. The topological polar surface area (TPSA) is 30.7 Å². The first-order valence-electron chi connectivity index (χ1n) is 5.44. The zero-order valence-electron chi connectivity index (χ0n) is 9.35. The molecule has 5 heteroatoms. The van der Waals surface area contributed by atoms with Crippen LogP contribution in [0.5, 0.6) is 0 Å². The molecule has 2 aromatic heterocycles. The van der Waals surface area contributed by atoms with Crippen LogP contribution in [0.1, 0.15) is 5.56 Å². The normalized spacial score (nSPS) is 11.0. The molecule has 0 saturated heterocycles. The van der Waals surface area contributed by atoms with Gasteiger partial charge in [-0.2, -0.15) is 0 Å². The molecule has 0 bridgehead atoms. The fourth-order valence-corrected chi connectivity index (χ4v) is 2.01. The predicted molar refractivity (Wildman–Crippen MR) is 68.0 cm³/mol. The Hall–Kier alpha value is -1.94. The van der Waals surface area contributed by atoms with E-state index < -0.39 is 0 Å². The van der Waals surface area contributed by atoms with Crippen LogP contribution in [-0.2, 0) is 6.54 Å². The minimum atomic E-state index is -0.247. The van der Waals surface area contributed by atoms with Gasteiger partial charge >= 0.3 is 0 Å². The largest absolute Gasteiger partial charge is 0.311 e. The van der Waals surface area contributed by atoms with Gasteiger partial charge in [-0.15, -0.1) is 0 Å². The van der Waals surface area contributed by atoms with E-state index >= 15 is 0 Å². The highest BCUT2D eigenvalue weighted by atomic mass is 35.5. The summed E-state index contributed by atoms with van der Waals surface area (Å²) in [5, 5.41) is 0.420. The van der Waals surface area contributed by atoms with Crippen molar-refractivity contribution in [3.63, 3.8) is 0 Å². The van der Waals surface area contributed by atoms with Crippen LogP contribution in [0.25, 0.3) is 11.2 Å². The SMILES string of the molecule is Fc1cccc(Cn2cnc3ccc(Cl)nc32)c1. The number of nitrogens with zero attached hydrogens (tertiary/aromatic N) is 3. The molecule has 0 aliphatic carbocycles. The molecule has 0 radical (unpaired) electrons. The van der Waals surface area contributed by atoms with Gasteiger partial charge in [0.1, 0.15) is 16.5 Å². The maximum Gasteiger partial charge on any atom is 0.161 e. The Labute approximate surface area is 108 Å². The Balaban J connectivity index is 2.02. The summed E-state index contributed by atoms with van der Waals surface area (Å²) in [5.74, 6) is -0.247. The van der Waals surface area contributed by atoms with Crippen LogP contribution in [0.4, 0.5) is 4.39 Å². The molecule has 0 saturated carbocycles. The summed E-state index contributed by atoms with van der Waals surface area (Å²) in [5.41, 5.74) is 2.33. The van der Waals surface area contributed by atoms with Gasteiger partial charge in [0.05, 0.1) is 12.9 Å². The minimum Gasteiger partial charge on any atom is -0.311 e. The summed E-state index contributed by atoms with van der Waals surface area (Å²) in [6, 6.07) is 9.97. The Kier molecular flexibility index (Phi) is 2.72. The van der Waals surface area contributed by atoms with Gasteiger partial charge in [0.25, 0.3) is 0 Å². The lowest BCUT2D eigenvalue weighted by Gasteiger charge is -2.04. The lowest BCUT2D eigenvalue weighted by molar-refractivity contribution is 0.624. The van der Waals surface area contributed by atoms with Crippen molar-refractivity contribution in [3.8, 4) is 0 Å². The highest BCUT2D eigenvalue weighted by Gasteiger charge is 2.05. The Morgan fingerprint density at radius 1 is 1.22 bits per heavy atom. The Bertz CT molecular complexity index is 708. The van der Waals surface area contributed by atoms with Gasteiger partial charge < -0.3 is 4.57 Å². The van der Waals surface area contributed by atoms with E-state index in [9.17, 15) is 4.39 Å². The lowest BCUT2D eigenvalue weighted by Crippen LogP contribution is -1.99. The molecule has 0 N–H and O–H groups in total. The molecule has 0 unspecified atom stereocenters. The molecule has 0 aliphatic heterocycles. The molecule has 1 aromatic carbocycles. The first-order chi connectivity index (χ1) is 8.72. The van der Waals surface area contributed by atoms with Crippen molar-refractivity contribution in [2.75, 3.05) is 0 Å². The fourth-order valence-electron chi connectivity index (χ4n) is 1.86. The second-order valence-electron chi connectivity index (χ2n) is 3.98. The molecule has 18 heavy (non-hydrogen) atoms. The van der Waals surface area contributed by atoms with Crippen molar-refractivity contribution in [3.05, 3.63) is 59.3 Å². The number of benzene rings is 1. The third-order valence-electron chi connectivity index (χ3n) is 2.67. The van der Waals surface area contributed by atoms with E-state index in [4.69, 9.17) is 11.6 Å². The van der Waals surface area contributed by atoms with E-state index in [0.29, 0.717) is 17.3 Å². The van der Waals surface area contributed by atoms with E-state index in [2.05, 4.69) is 9.97 Å². The van der Waals surface area contributed by atoms with Crippen LogP contribution in [0.3, 0.4) is 0 Å². The van der Waals surface area contributed by atoms with Gasteiger partial charge in [-0.25, -0.2) is 14.4 Å². The number of halogens is 2. The van der Waals surface area contributed by atoms with E-state index in [1.807, 2.05) is 16.7 Å². The summed E-state index contributed by atoms with van der Waals surface area (Å²) < 4.78 is 15.0. The third-order valence-corrected chi connectivity index (χ3v) is 2.88. The fraction of sp³-hybridized carbons (Fsp3) is 0.0769. The van der Waals surface area contributed by atoms with Crippen molar-refractivity contribution >= 4 is 22.8 Å². The van der Waals surface area contributed by atoms with Gasteiger partial charge in [0.15, 0.2) is 5.65 Å². The van der Waals surface area contributed by atoms with Crippen molar-refractivity contribution in [1.29, 1.82) is 0 Å². The molecule has 3 nitrogen and oxygen atoms in total. The molecular formula is C13H9ClFN3. The average molecular weight is 262 g/mol. The average Bonchev–Trinajstić information content (AvgIpc) is 2.72. The van der Waals surface area contributed by atoms with E-state index in [-0.39, 0.29) is 5.82 Å². The Morgan fingerprint density at radius 2 is 2.11 bits per heavy atom. The monoisotopic (exact) mass is 261 g/mol. The molecule has 0 aliphatic rings. The second kappa shape index (κ2) is 4.38. The maximum absolute atomic E-state index is 13.1. The second-order valence-corrected chi connectivity index (χ2v) is 4.37. The van der Waals surface area contributed by atoms with Crippen LogP contribution >= 0.6 is 11.6 Å². The number of pyridine rings is 1. The summed E-state index contributed by atoms with van der Waals surface area (Å²) in [7, 11) is 0. The molecule has 2 heterocycles. The maximum atomic E-state index is 13.1. The summed E-state index contributed by atoms with van der Waals surface area (Å²) in [6.07, 6.45) is 1.68. The van der Waals surface area contributed by atoms with Crippen LogP contribution < -0.4 is 0 Å². The van der Waals surface area contributed by atoms with Crippen LogP contribution in [0.2, 0.25) is 5.15 Å². The molecule has 3 aromatic rings. The molecule has 3 rings (SSSR count). The number of hydrogen-bond acceptors (Lipinski definition) is 2.